The molecule has 0 aliphatic carbocycles. The van der Waals surface area contributed by atoms with Gasteiger partial charge < -0.3 is 10.2 Å². The van der Waals surface area contributed by atoms with Crippen molar-refractivity contribution in [2.24, 2.45) is 5.92 Å². The molecule has 120 valence electrons. The number of hydrogen-bond acceptors (Lipinski definition) is 4. The van der Waals surface area contributed by atoms with Crippen molar-refractivity contribution < 1.29 is 0 Å². The fourth-order valence-corrected chi connectivity index (χ4v) is 3.92. The van der Waals surface area contributed by atoms with Gasteiger partial charge in [0.2, 0.25) is 0 Å². The van der Waals surface area contributed by atoms with Crippen LogP contribution in [0.3, 0.4) is 0 Å². The summed E-state index contributed by atoms with van der Waals surface area (Å²) in [6.45, 7) is 13.9. The minimum Gasteiger partial charge on any atom is -0.310 e. The van der Waals surface area contributed by atoms with Crippen LogP contribution in [0.4, 0.5) is 0 Å². The lowest BCUT2D eigenvalue weighted by Gasteiger charge is -2.40. The average molecular weight is 310 g/mol. The highest BCUT2D eigenvalue weighted by Gasteiger charge is 2.24. The maximum atomic E-state index is 3.68. The molecule has 1 aliphatic rings. The van der Waals surface area contributed by atoms with Crippen molar-refractivity contribution in [1.82, 2.24) is 15.1 Å². The lowest BCUT2D eigenvalue weighted by Crippen LogP contribution is -2.53. The first-order chi connectivity index (χ1) is 10.1. The number of aryl methyl sites for hydroxylation is 1. The fraction of sp³-hybridized carbons (Fsp3) is 0.765. The minimum atomic E-state index is 0.657. The molecule has 3 nitrogen and oxygen atoms in total. The highest BCUT2D eigenvalue weighted by molar-refractivity contribution is 7.11. The van der Waals surface area contributed by atoms with Crippen molar-refractivity contribution in [3.63, 3.8) is 0 Å². The first-order valence-electron chi connectivity index (χ1n) is 8.31. The Bertz CT molecular complexity index is 408. The summed E-state index contributed by atoms with van der Waals surface area (Å²) in [5.74, 6) is 0.704. The smallest absolute Gasteiger partial charge is 0.0300 e. The Hall–Kier alpha value is -0.420. The summed E-state index contributed by atoms with van der Waals surface area (Å²) in [4.78, 5) is 8.06. The van der Waals surface area contributed by atoms with E-state index in [4.69, 9.17) is 0 Å². The lowest BCUT2D eigenvalue weighted by molar-refractivity contribution is 0.0875. The molecule has 4 heteroatoms. The molecule has 2 rings (SSSR count). The molecule has 0 aromatic carbocycles. The molecular weight excluding hydrogens is 278 g/mol. The first kappa shape index (κ1) is 16.9. The normalized spacial score (nSPS) is 19.3. The van der Waals surface area contributed by atoms with Crippen LogP contribution in [0.2, 0.25) is 0 Å². The molecule has 1 N–H and O–H groups in total. The molecule has 1 atom stereocenters. The van der Waals surface area contributed by atoms with Gasteiger partial charge in [-0.05, 0) is 31.5 Å². The van der Waals surface area contributed by atoms with Gasteiger partial charge in [-0.2, -0.15) is 0 Å². The molecule has 0 amide bonds. The third kappa shape index (κ3) is 5.06. The second kappa shape index (κ2) is 8.28. The minimum absolute atomic E-state index is 0.657. The molecule has 1 aliphatic heterocycles. The standard InChI is InChI=1S/C17H31N3S/c1-5-15-6-7-16(21-15)12-18-13-17(14(2)3)20-10-8-19(4)9-11-20/h6-7,14,17-18H,5,8-13H2,1-4H3. The summed E-state index contributed by atoms with van der Waals surface area (Å²) < 4.78 is 0. The molecule has 2 heterocycles. The molecule has 0 bridgehead atoms. The van der Waals surface area contributed by atoms with Crippen LogP contribution >= 0.6 is 11.3 Å². The monoisotopic (exact) mass is 309 g/mol. The second-order valence-corrected chi connectivity index (χ2v) is 7.76. The SMILES string of the molecule is CCc1ccc(CNCC(C(C)C)N2CCN(C)CC2)s1. The molecule has 1 unspecified atom stereocenters. The predicted molar refractivity (Wildman–Crippen MR) is 93.1 cm³/mol. The zero-order valence-corrected chi connectivity index (χ0v) is 14.9. The van der Waals surface area contributed by atoms with Gasteiger partial charge in [0.15, 0.2) is 0 Å². The van der Waals surface area contributed by atoms with Crippen molar-refractivity contribution in [2.75, 3.05) is 39.8 Å². The van der Waals surface area contributed by atoms with Gasteiger partial charge in [-0.3, -0.25) is 4.90 Å². The molecule has 21 heavy (non-hydrogen) atoms. The Morgan fingerprint density at radius 2 is 1.81 bits per heavy atom. The maximum absolute atomic E-state index is 3.68. The number of likely N-dealkylation sites (N-methyl/N-ethyl adjacent to an activating group) is 1. The van der Waals surface area contributed by atoms with Crippen molar-refractivity contribution >= 4 is 11.3 Å². The number of nitrogens with zero attached hydrogens (tertiary/aromatic N) is 2. The molecule has 1 saturated heterocycles. The molecule has 1 aromatic rings. The fourth-order valence-electron chi connectivity index (χ4n) is 2.99. The molecule has 1 aromatic heterocycles. The van der Waals surface area contributed by atoms with Crippen LogP contribution in [0.1, 0.15) is 30.5 Å². The van der Waals surface area contributed by atoms with Crippen LogP contribution in [-0.2, 0) is 13.0 Å². The van der Waals surface area contributed by atoms with E-state index in [-0.39, 0.29) is 0 Å². The number of piperazine rings is 1. The van der Waals surface area contributed by atoms with Crippen LogP contribution in [0.15, 0.2) is 12.1 Å². The average Bonchev–Trinajstić information content (AvgIpc) is 2.92. The number of nitrogens with one attached hydrogen (secondary N) is 1. The van der Waals surface area contributed by atoms with Crippen LogP contribution in [-0.4, -0.2) is 55.6 Å². The topological polar surface area (TPSA) is 18.5 Å². The molecule has 0 saturated carbocycles. The maximum Gasteiger partial charge on any atom is 0.0300 e. The third-order valence-electron chi connectivity index (χ3n) is 4.49. The van der Waals surface area contributed by atoms with Crippen LogP contribution < -0.4 is 5.32 Å². The zero-order valence-electron chi connectivity index (χ0n) is 14.1. The van der Waals surface area contributed by atoms with Crippen molar-refractivity contribution in [3.05, 3.63) is 21.9 Å². The molecule has 0 radical (unpaired) electrons. The summed E-state index contributed by atoms with van der Waals surface area (Å²) in [7, 11) is 2.22. The van der Waals surface area contributed by atoms with Crippen LogP contribution in [0.25, 0.3) is 0 Å². The lowest BCUT2D eigenvalue weighted by atomic mass is 10.0. The van der Waals surface area contributed by atoms with E-state index >= 15 is 0 Å². The summed E-state index contributed by atoms with van der Waals surface area (Å²) in [6, 6.07) is 5.20. The van der Waals surface area contributed by atoms with Gasteiger partial charge in [0.05, 0.1) is 0 Å². The van der Waals surface area contributed by atoms with Gasteiger partial charge in [0.25, 0.3) is 0 Å². The quantitative estimate of drug-likeness (QED) is 0.835. The van der Waals surface area contributed by atoms with Crippen LogP contribution in [0.5, 0.6) is 0 Å². The zero-order chi connectivity index (χ0) is 15.2. The van der Waals surface area contributed by atoms with Crippen molar-refractivity contribution in [2.45, 2.75) is 39.8 Å². The van der Waals surface area contributed by atoms with Gasteiger partial charge in [0, 0.05) is 55.1 Å². The van der Waals surface area contributed by atoms with Gasteiger partial charge >= 0.3 is 0 Å². The van der Waals surface area contributed by atoms with Gasteiger partial charge in [-0.15, -0.1) is 11.3 Å². The summed E-state index contributed by atoms with van der Waals surface area (Å²) in [5, 5.41) is 3.68. The molecule has 0 spiro atoms. The second-order valence-electron chi connectivity index (χ2n) is 6.50. The van der Waals surface area contributed by atoms with E-state index in [9.17, 15) is 0 Å². The first-order valence-corrected chi connectivity index (χ1v) is 9.12. The van der Waals surface area contributed by atoms with E-state index in [0.717, 1.165) is 19.5 Å². The van der Waals surface area contributed by atoms with E-state index in [1.165, 1.54) is 35.9 Å². The van der Waals surface area contributed by atoms with Crippen molar-refractivity contribution in [3.8, 4) is 0 Å². The van der Waals surface area contributed by atoms with Crippen molar-refractivity contribution in [1.29, 1.82) is 0 Å². The van der Waals surface area contributed by atoms with E-state index in [0.29, 0.717) is 12.0 Å². The van der Waals surface area contributed by atoms with Gasteiger partial charge in [-0.1, -0.05) is 20.8 Å². The predicted octanol–water partition coefficient (Wildman–Crippen LogP) is 2.67. The Kier molecular flexibility index (Phi) is 6.68. The van der Waals surface area contributed by atoms with E-state index in [1.54, 1.807) is 0 Å². The number of rotatable bonds is 7. The number of thiophene rings is 1. The van der Waals surface area contributed by atoms with Crippen LogP contribution in [0, 0.1) is 5.92 Å². The Morgan fingerprint density at radius 1 is 1.14 bits per heavy atom. The summed E-state index contributed by atoms with van der Waals surface area (Å²) in [6.07, 6.45) is 1.15. The molecule has 1 fully saturated rings. The van der Waals surface area contributed by atoms with Gasteiger partial charge in [-0.25, -0.2) is 0 Å². The Morgan fingerprint density at radius 3 is 2.38 bits per heavy atom. The third-order valence-corrected chi connectivity index (χ3v) is 5.72. The Balaban J connectivity index is 1.80. The largest absolute Gasteiger partial charge is 0.310 e. The summed E-state index contributed by atoms with van der Waals surface area (Å²) in [5.41, 5.74) is 0. The number of hydrogen-bond donors (Lipinski definition) is 1. The Labute approximate surface area is 134 Å². The highest BCUT2D eigenvalue weighted by Crippen LogP contribution is 2.17. The van der Waals surface area contributed by atoms with E-state index < -0.39 is 0 Å². The highest BCUT2D eigenvalue weighted by atomic mass is 32.1. The molecular formula is C17H31N3S. The van der Waals surface area contributed by atoms with E-state index in [2.05, 4.69) is 55.1 Å². The van der Waals surface area contributed by atoms with E-state index in [1.807, 2.05) is 11.3 Å². The van der Waals surface area contributed by atoms with Gasteiger partial charge in [0.1, 0.15) is 0 Å². The summed E-state index contributed by atoms with van der Waals surface area (Å²) >= 11 is 1.95.